The molecule has 0 amide bonds. The number of benzene rings is 3. The summed E-state index contributed by atoms with van der Waals surface area (Å²) in [6, 6.07) is 24.3. The average Bonchev–Trinajstić information content (AvgIpc) is 3.43. The third-order valence-corrected chi connectivity index (χ3v) is 7.95. The van der Waals surface area contributed by atoms with Crippen molar-refractivity contribution in [3.05, 3.63) is 117 Å². The summed E-state index contributed by atoms with van der Waals surface area (Å²) in [6.07, 6.45) is 0. The number of hydrogen-bond acceptors (Lipinski definition) is 7. The molecule has 0 radical (unpaired) electrons. The number of pyridine rings is 1. The van der Waals surface area contributed by atoms with E-state index in [9.17, 15) is 4.79 Å². The number of piperazine rings is 1. The molecular weight excluding hydrogens is 514 g/mol. The molecule has 6 rings (SSSR count). The van der Waals surface area contributed by atoms with E-state index in [1.807, 2.05) is 54.1 Å². The Morgan fingerprint density at radius 3 is 2.37 bits per heavy atom. The number of aromatic amines is 1. The molecule has 5 aromatic rings. The van der Waals surface area contributed by atoms with E-state index >= 15 is 0 Å². The lowest BCUT2D eigenvalue weighted by molar-refractivity contribution is 0.0998. The molecule has 0 saturated carbocycles. The SMILES string of the molecule is COc1ccc(Cn2nnnc2[C@@H](c2cc3c(C)cc(C)cc3[nH]c2=O)N2CCN(Cc3ccccc3)CC2)cc1. The molecule has 3 heterocycles. The number of fused-ring (bicyclic) bond motifs is 1. The molecule has 1 N–H and O–H groups in total. The van der Waals surface area contributed by atoms with Gasteiger partial charge in [-0.15, -0.1) is 5.10 Å². The first-order valence-corrected chi connectivity index (χ1v) is 14.0. The van der Waals surface area contributed by atoms with Crippen molar-refractivity contribution < 1.29 is 4.74 Å². The first-order valence-electron chi connectivity index (χ1n) is 14.0. The lowest BCUT2D eigenvalue weighted by atomic mass is 9.99. The third-order valence-electron chi connectivity index (χ3n) is 7.95. The van der Waals surface area contributed by atoms with Gasteiger partial charge in [0.25, 0.3) is 5.56 Å². The van der Waals surface area contributed by atoms with Gasteiger partial charge in [0.1, 0.15) is 11.8 Å². The van der Waals surface area contributed by atoms with Crippen LogP contribution in [-0.4, -0.2) is 68.3 Å². The van der Waals surface area contributed by atoms with Gasteiger partial charge in [-0.05, 0) is 70.8 Å². The maximum atomic E-state index is 13.7. The van der Waals surface area contributed by atoms with Gasteiger partial charge in [0.05, 0.1) is 13.7 Å². The fourth-order valence-corrected chi connectivity index (χ4v) is 5.84. The van der Waals surface area contributed by atoms with E-state index in [4.69, 9.17) is 4.74 Å². The predicted molar refractivity (Wildman–Crippen MR) is 159 cm³/mol. The minimum atomic E-state index is -0.393. The van der Waals surface area contributed by atoms with Gasteiger partial charge < -0.3 is 9.72 Å². The smallest absolute Gasteiger partial charge is 0.253 e. The zero-order valence-corrected chi connectivity index (χ0v) is 23.7. The molecule has 2 aromatic heterocycles. The van der Waals surface area contributed by atoms with Crippen LogP contribution in [0.3, 0.4) is 0 Å². The standard InChI is InChI=1S/C32H35N7O2/c1-22-17-23(2)27-19-28(32(40)33-29(27)18-22)30(38-15-13-37(14-16-38)20-24-7-5-4-6-8-24)31-34-35-36-39(31)21-25-9-11-26(41-3)12-10-25/h4-12,17-19,30H,13-16,20-21H2,1-3H3,(H,33,40)/t30-/m1/s1. The summed E-state index contributed by atoms with van der Waals surface area (Å²) < 4.78 is 7.13. The summed E-state index contributed by atoms with van der Waals surface area (Å²) in [4.78, 5) is 21.7. The number of H-pyrrole nitrogens is 1. The average molecular weight is 550 g/mol. The molecule has 1 atom stereocenters. The molecule has 1 fully saturated rings. The summed E-state index contributed by atoms with van der Waals surface area (Å²) >= 11 is 0. The second-order valence-electron chi connectivity index (χ2n) is 10.8. The van der Waals surface area contributed by atoms with Gasteiger partial charge >= 0.3 is 0 Å². The van der Waals surface area contributed by atoms with Crippen LogP contribution in [0.15, 0.2) is 77.6 Å². The summed E-state index contributed by atoms with van der Waals surface area (Å²) in [5.41, 5.74) is 5.99. The lowest BCUT2D eigenvalue weighted by Gasteiger charge is -2.38. The van der Waals surface area contributed by atoms with Crippen LogP contribution in [0.4, 0.5) is 0 Å². The molecule has 1 saturated heterocycles. The van der Waals surface area contributed by atoms with E-state index < -0.39 is 6.04 Å². The summed E-state index contributed by atoms with van der Waals surface area (Å²) in [5, 5.41) is 14.0. The highest BCUT2D eigenvalue weighted by Gasteiger charge is 2.33. The van der Waals surface area contributed by atoms with Crippen molar-refractivity contribution in [2.45, 2.75) is 33.0 Å². The Balaban J connectivity index is 1.36. The Morgan fingerprint density at radius 2 is 1.63 bits per heavy atom. The zero-order chi connectivity index (χ0) is 28.3. The fourth-order valence-electron chi connectivity index (χ4n) is 5.84. The van der Waals surface area contributed by atoms with Gasteiger partial charge in [-0.1, -0.05) is 48.5 Å². The maximum absolute atomic E-state index is 13.7. The molecule has 0 spiro atoms. The largest absolute Gasteiger partial charge is 0.497 e. The highest BCUT2D eigenvalue weighted by atomic mass is 16.5. The van der Waals surface area contributed by atoms with E-state index in [0.29, 0.717) is 17.9 Å². The zero-order valence-electron chi connectivity index (χ0n) is 23.7. The molecular formula is C32H35N7O2. The van der Waals surface area contributed by atoms with Crippen molar-refractivity contribution in [3.63, 3.8) is 0 Å². The second-order valence-corrected chi connectivity index (χ2v) is 10.8. The van der Waals surface area contributed by atoms with Crippen LogP contribution in [-0.2, 0) is 13.1 Å². The van der Waals surface area contributed by atoms with Crippen LogP contribution in [0.25, 0.3) is 10.9 Å². The van der Waals surface area contributed by atoms with Crippen LogP contribution in [0.5, 0.6) is 5.75 Å². The van der Waals surface area contributed by atoms with Crippen molar-refractivity contribution >= 4 is 10.9 Å². The van der Waals surface area contributed by atoms with Crippen LogP contribution in [0.2, 0.25) is 0 Å². The minimum Gasteiger partial charge on any atom is -0.497 e. The number of nitrogens with one attached hydrogen (secondary N) is 1. The fraction of sp³-hybridized carbons (Fsp3) is 0.312. The highest BCUT2D eigenvalue weighted by molar-refractivity contribution is 5.83. The van der Waals surface area contributed by atoms with Crippen LogP contribution in [0, 0.1) is 13.8 Å². The van der Waals surface area contributed by atoms with Gasteiger partial charge in [0.2, 0.25) is 0 Å². The number of rotatable bonds is 8. The molecule has 3 aromatic carbocycles. The van der Waals surface area contributed by atoms with Crippen LogP contribution >= 0.6 is 0 Å². The number of aromatic nitrogens is 5. The number of nitrogens with zero attached hydrogens (tertiary/aromatic N) is 6. The second kappa shape index (κ2) is 11.6. The Morgan fingerprint density at radius 1 is 0.902 bits per heavy atom. The van der Waals surface area contributed by atoms with Crippen molar-refractivity contribution in [1.29, 1.82) is 0 Å². The number of methoxy groups -OCH3 is 1. The number of ether oxygens (including phenoxy) is 1. The van der Waals surface area contributed by atoms with Gasteiger partial charge in [-0.2, -0.15) is 0 Å². The molecule has 9 heteroatoms. The predicted octanol–water partition coefficient (Wildman–Crippen LogP) is 4.10. The van der Waals surface area contributed by atoms with Gasteiger partial charge in [-0.3, -0.25) is 14.6 Å². The molecule has 0 aliphatic carbocycles. The normalized spacial score (nSPS) is 15.3. The Hall–Kier alpha value is -4.34. The van der Waals surface area contributed by atoms with E-state index in [-0.39, 0.29) is 5.56 Å². The summed E-state index contributed by atoms with van der Waals surface area (Å²) in [5.74, 6) is 1.46. The number of tetrazole rings is 1. The maximum Gasteiger partial charge on any atom is 0.253 e. The first-order chi connectivity index (χ1) is 20.0. The summed E-state index contributed by atoms with van der Waals surface area (Å²) in [7, 11) is 1.66. The molecule has 1 aliphatic rings. The van der Waals surface area contributed by atoms with Crippen molar-refractivity contribution in [2.75, 3.05) is 33.3 Å². The van der Waals surface area contributed by atoms with E-state index in [1.165, 1.54) is 5.56 Å². The number of aryl methyl sites for hydroxylation is 2. The molecule has 1 aliphatic heterocycles. The lowest BCUT2D eigenvalue weighted by Crippen LogP contribution is -2.48. The monoisotopic (exact) mass is 549 g/mol. The van der Waals surface area contributed by atoms with Gasteiger partial charge in [-0.25, -0.2) is 4.68 Å². The molecule has 210 valence electrons. The van der Waals surface area contributed by atoms with Crippen LogP contribution < -0.4 is 10.3 Å². The van der Waals surface area contributed by atoms with Gasteiger partial charge in [0.15, 0.2) is 5.82 Å². The van der Waals surface area contributed by atoms with Crippen molar-refractivity contribution in [1.82, 2.24) is 35.0 Å². The van der Waals surface area contributed by atoms with E-state index in [1.54, 1.807) is 7.11 Å². The first kappa shape index (κ1) is 26.9. The van der Waals surface area contributed by atoms with Crippen LogP contribution in [0.1, 0.15) is 39.7 Å². The third kappa shape index (κ3) is 5.77. The molecule has 0 unspecified atom stereocenters. The topological polar surface area (TPSA) is 92.2 Å². The Bertz CT molecular complexity index is 1690. The van der Waals surface area contributed by atoms with E-state index in [0.717, 1.165) is 66.1 Å². The number of hydrogen-bond donors (Lipinski definition) is 1. The highest BCUT2D eigenvalue weighted by Crippen LogP contribution is 2.29. The quantitative estimate of drug-likeness (QED) is 0.312. The molecule has 41 heavy (non-hydrogen) atoms. The molecule has 9 nitrogen and oxygen atoms in total. The van der Waals surface area contributed by atoms with Crippen molar-refractivity contribution in [3.8, 4) is 5.75 Å². The van der Waals surface area contributed by atoms with Crippen molar-refractivity contribution in [2.24, 2.45) is 0 Å². The Kier molecular flexibility index (Phi) is 7.63. The summed E-state index contributed by atoms with van der Waals surface area (Å²) in [6.45, 7) is 8.87. The Labute approximate surface area is 239 Å². The van der Waals surface area contributed by atoms with Gasteiger partial charge in [0, 0.05) is 49.2 Å². The minimum absolute atomic E-state index is 0.113. The van der Waals surface area contributed by atoms with E-state index in [2.05, 4.69) is 67.6 Å². The molecule has 0 bridgehead atoms.